The van der Waals surface area contributed by atoms with E-state index < -0.39 is 223 Å². The number of pyridine rings is 1. The number of sulfone groups is 1. The van der Waals surface area contributed by atoms with E-state index in [4.69, 9.17) is 29.9 Å². The maximum absolute atomic E-state index is 15.9. The van der Waals surface area contributed by atoms with Crippen molar-refractivity contribution in [2.45, 2.75) is 199 Å². The van der Waals surface area contributed by atoms with Gasteiger partial charge in [-0.3, -0.25) is 46.1 Å². The monoisotopic (exact) mass is 1580 g/mol. The van der Waals surface area contributed by atoms with Gasteiger partial charge in [0.2, 0.25) is 11.8 Å². The molecule has 0 aliphatic heterocycles. The molecular formula is C72H77ClF10N8O13PS2-. The maximum Gasteiger partial charge on any atom is 0.530 e. The van der Waals surface area contributed by atoms with Crippen molar-refractivity contribution in [2.24, 2.45) is 5.92 Å². The van der Waals surface area contributed by atoms with Crippen LogP contribution in [0.4, 0.5) is 43.9 Å². The minimum Gasteiger partial charge on any atom is -0.755 e. The first-order valence-corrected chi connectivity index (χ1v) is 38.1. The van der Waals surface area contributed by atoms with Crippen molar-refractivity contribution < 1.29 is 103 Å². The number of ether oxygens (including phenoxy) is 1. The van der Waals surface area contributed by atoms with E-state index in [1.54, 1.807) is 65.0 Å². The Kier molecular flexibility index (Phi) is 23.5. The topological polar surface area (TPSA) is 272 Å². The summed E-state index contributed by atoms with van der Waals surface area (Å²) >= 11 is 3.26. The summed E-state index contributed by atoms with van der Waals surface area (Å²) in [6, 6.07) is 16.0. The first-order valence-electron chi connectivity index (χ1n) is 33.3. The number of hydrogen-bond donors (Lipinski definition) is 2. The molecule has 0 radical (unpaired) electrons. The summed E-state index contributed by atoms with van der Waals surface area (Å²) in [5, 5.41) is 12.2. The molecule has 107 heavy (non-hydrogen) atoms. The summed E-state index contributed by atoms with van der Waals surface area (Å²) in [6.07, 6.45) is -14.0. The average Bonchev–Trinajstić information content (AvgIpc) is 1.51. The van der Waals surface area contributed by atoms with Gasteiger partial charge in [0.1, 0.15) is 52.2 Å². The van der Waals surface area contributed by atoms with Crippen molar-refractivity contribution in [1.29, 1.82) is 0 Å². The third-order valence-corrected chi connectivity index (χ3v) is 22.2. The summed E-state index contributed by atoms with van der Waals surface area (Å²) in [4.78, 5) is 63.0. The number of phosphoric acid groups is 1. The summed E-state index contributed by atoms with van der Waals surface area (Å²) in [5.41, 5.74) is -10.4. The second-order valence-electron chi connectivity index (χ2n) is 29.4. The van der Waals surface area contributed by atoms with E-state index in [1.807, 2.05) is 0 Å². The number of halogens is 11. The molecule has 1 fully saturated rings. The van der Waals surface area contributed by atoms with Crippen LogP contribution in [0.2, 0.25) is 5.02 Å². The highest BCUT2D eigenvalue weighted by atomic mass is 35.5. The van der Waals surface area contributed by atoms with Crippen LogP contribution in [0, 0.1) is 29.4 Å². The molecule has 9 rings (SSSR count). The minimum atomic E-state index is -5.27. The zero-order valence-corrected chi connectivity index (χ0v) is 63.6. The fourth-order valence-corrected chi connectivity index (χ4v) is 15.2. The van der Waals surface area contributed by atoms with Gasteiger partial charge in [0, 0.05) is 63.3 Å². The van der Waals surface area contributed by atoms with E-state index in [0.29, 0.717) is 16.3 Å². The maximum atomic E-state index is 15.9. The number of nitrogens with one attached hydrogen (secondary N) is 2. The molecule has 1 unspecified atom stereocenters. The van der Waals surface area contributed by atoms with Crippen molar-refractivity contribution in [3.05, 3.63) is 163 Å². The van der Waals surface area contributed by atoms with Gasteiger partial charge in [-0.2, -0.15) is 45.3 Å². The third-order valence-electron chi connectivity index (χ3n) is 17.4. The fourth-order valence-electron chi connectivity index (χ4n) is 12.7. The summed E-state index contributed by atoms with van der Waals surface area (Å²) in [6.45, 7) is 14.9. The molecule has 2 aliphatic carbocycles. The second-order valence-corrected chi connectivity index (χ2v) is 34.8. The van der Waals surface area contributed by atoms with Crippen LogP contribution >= 0.6 is 19.4 Å². The number of carbonyl (C=O) groups excluding carboxylic acids is 4. The first-order chi connectivity index (χ1) is 49.2. The number of carbonyl (C=O) groups is 4. The SMILES string of the molecule is CC(C)OP(=O)(Oc1cc(C(=O)NC(C)(C)c2ccccc2)cc(CC(=O)OC(C)(C)C)c1C(C)(C)CC(=O)N(Cc1nn(CC(F)(F)F)c2c(-c3ccc(C#CC(C)(C)S(C)(=O)=O)nc3[C@H](Cc3cc(F)cc(F)c3)NC(=O)Cn3nc(C(F)(F)F)c4c3C(F)(F)[C@@H]3C[C@H]43)ccc(Cl)c12)S(=O)[O-])OC(C)C. The largest absolute Gasteiger partial charge is 0.755 e. The highest BCUT2D eigenvalue weighted by Crippen LogP contribution is 2.68. The Labute approximate surface area is 618 Å². The zero-order valence-electron chi connectivity index (χ0n) is 60.3. The van der Waals surface area contributed by atoms with E-state index in [9.17, 15) is 49.3 Å². The molecular weight excluding hydrogens is 1510 g/mol. The normalized spacial score (nSPS) is 16.0. The molecule has 0 bridgehead atoms. The Hall–Kier alpha value is -8.25. The van der Waals surface area contributed by atoms with Crippen LogP contribution in [0.25, 0.3) is 22.0 Å². The van der Waals surface area contributed by atoms with Crippen LogP contribution in [0.3, 0.4) is 0 Å². The highest BCUT2D eigenvalue weighted by Gasteiger charge is 2.68. The van der Waals surface area contributed by atoms with Gasteiger partial charge in [0.05, 0.1) is 69.9 Å². The van der Waals surface area contributed by atoms with Gasteiger partial charge in [-0.1, -0.05) is 67.8 Å². The predicted molar refractivity (Wildman–Crippen MR) is 373 cm³/mol. The van der Waals surface area contributed by atoms with Crippen LogP contribution in [0.5, 0.6) is 5.75 Å². The molecule has 4 aromatic carbocycles. The van der Waals surface area contributed by atoms with Crippen molar-refractivity contribution in [3.8, 4) is 28.7 Å². The van der Waals surface area contributed by atoms with Gasteiger partial charge in [-0.05, 0) is 160 Å². The molecule has 2 aliphatic rings. The lowest BCUT2D eigenvalue weighted by Crippen LogP contribution is -2.41. The molecule has 578 valence electrons. The van der Waals surface area contributed by atoms with Crippen molar-refractivity contribution in [3.63, 3.8) is 0 Å². The Morgan fingerprint density at radius 1 is 0.850 bits per heavy atom. The Balaban J connectivity index is 1.20. The predicted octanol–water partition coefficient (Wildman–Crippen LogP) is 14.7. The van der Waals surface area contributed by atoms with Crippen molar-refractivity contribution in [2.75, 3.05) is 6.26 Å². The number of esters is 1. The molecule has 2 N–H and O–H groups in total. The number of aromatic nitrogens is 5. The van der Waals surface area contributed by atoms with E-state index in [0.717, 1.165) is 48.7 Å². The number of nitrogens with zero attached hydrogens (tertiary/aromatic N) is 6. The van der Waals surface area contributed by atoms with Gasteiger partial charge in [0.25, 0.3) is 11.8 Å². The lowest BCUT2D eigenvalue weighted by Gasteiger charge is -2.34. The van der Waals surface area contributed by atoms with E-state index in [1.165, 1.54) is 61.5 Å². The lowest BCUT2D eigenvalue weighted by molar-refractivity contribution is -0.154. The van der Waals surface area contributed by atoms with Crippen LogP contribution in [0.15, 0.2) is 84.9 Å². The smallest absolute Gasteiger partial charge is 0.530 e. The Morgan fingerprint density at radius 3 is 2.04 bits per heavy atom. The van der Waals surface area contributed by atoms with Crippen molar-refractivity contribution >= 4 is 75.1 Å². The molecule has 3 heterocycles. The van der Waals surface area contributed by atoms with Gasteiger partial charge in [0.15, 0.2) is 15.5 Å². The molecule has 0 saturated heterocycles. The molecule has 0 spiro atoms. The second kappa shape index (κ2) is 30.3. The summed E-state index contributed by atoms with van der Waals surface area (Å²) in [5.74, 6) is -8.66. The molecule has 7 aromatic rings. The van der Waals surface area contributed by atoms with Gasteiger partial charge in [-0.25, -0.2) is 26.7 Å². The fraction of sp³-hybridized carbons (Fsp3) is 0.458. The number of fused-ring (bicyclic) bond motifs is 4. The number of benzene rings is 4. The van der Waals surface area contributed by atoms with Crippen LogP contribution in [0.1, 0.15) is 181 Å². The van der Waals surface area contributed by atoms with E-state index in [-0.39, 0.29) is 54.5 Å². The van der Waals surface area contributed by atoms with Gasteiger partial charge < -0.3 is 24.4 Å². The molecule has 21 nitrogen and oxygen atoms in total. The van der Waals surface area contributed by atoms with E-state index in [2.05, 4.69) is 37.7 Å². The first kappa shape index (κ1) is 82.8. The molecule has 3 amide bonds. The number of rotatable bonds is 26. The quantitative estimate of drug-likeness (QED) is 0.0168. The number of amides is 3. The Morgan fingerprint density at radius 2 is 1.47 bits per heavy atom. The highest BCUT2D eigenvalue weighted by molar-refractivity contribution is 7.92. The molecule has 4 atom stereocenters. The molecule has 35 heteroatoms. The number of phosphoric ester groups is 1. The summed E-state index contributed by atoms with van der Waals surface area (Å²) < 4.78 is 242. The average molecular weight is 1580 g/mol. The van der Waals surface area contributed by atoms with Crippen LogP contribution in [-0.4, -0.2) is 105 Å². The van der Waals surface area contributed by atoms with Crippen LogP contribution < -0.4 is 15.2 Å². The summed E-state index contributed by atoms with van der Waals surface area (Å²) in [7, 11) is -8.80. The van der Waals surface area contributed by atoms with Gasteiger partial charge in [-0.15, -0.1) is 0 Å². The minimum absolute atomic E-state index is 0.0816. The number of hydrogen-bond acceptors (Lipinski definition) is 16. The van der Waals surface area contributed by atoms with Crippen LogP contribution in [-0.2, 0) is 109 Å². The Bertz CT molecular complexity index is 4880. The lowest BCUT2D eigenvalue weighted by atomic mass is 9.77. The number of alkyl halides is 8. The van der Waals surface area contributed by atoms with Crippen molar-refractivity contribution in [1.82, 2.24) is 39.5 Å². The zero-order chi connectivity index (χ0) is 79.6. The third kappa shape index (κ3) is 19.3. The standard InChI is InChI=1S/C72H78ClF10N8O13PS2/c1-38(2)102-105(96,103-39(3)4)104-54-30-42(65(95)86-69(12,13)43-18-16-15-17-19-43)29-41(31-57(94)101-66(5,6)7)60(54)67(8,9)34-56(93)91(106(97)98)35-53-59-51(73)23-22-48(62(59)90(87-53)37-70(76,77)78)47-21-20-46(24-25-68(10,11)107(14,99)100)84-61(47)52(28-40-26-44(74)32-45(75)27-40)85-55(92)36-89-64-58(63(88-89)72(81,82)83)49-33-50(49)71(64,79)80/h15-23,26-27,29-30,32,38-39,49-50,52H,28,31,33-37H2,1-14H3,(H,85,92)(H,86,95)(H,97,98)/p-1/t49-,50+,52-/m0/s1. The van der Waals surface area contributed by atoms with Gasteiger partial charge >= 0.3 is 26.1 Å². The molecule has 3 aromatic heterocycles. The molecule has 1 saturated carbocycles. The van der Waals surface area contributed by atoms with E-state index >= 15 is 35.5 Å².